The molecule has 0 saturated heterocycles. The number of para-hydroxylation sites is 1. The molecule has 1 aromatic heterocycles. The summed E-state index contributed by atoms with van der Waals surface area (Å²) in [6.07, 6.45) is 0. The number of benzene rings is 2. The van der Waals surface area contributed by atoms with Gasteiger partial charge in [0.2, 0.25) is 0 Å². The molecular weight excluding hydrogens is 222 g/mol. The molecule has 3 aromatic rings. The maximum absolute atomic E-state index is 7.78. The number of rotatable bonds is 1. The summed E-state index contributed by atoms with van der Waals surface area (Å²) in [6.45, 7) is 0. The van der Waals surface area contributed by atoms with Crippen LogP contribution in [0.3, 0.4) is 0 Å². The normalized spacial score (nSPS) is 11.0. The average molecular weight is 236 g/mol. The molecule has 0 aliphatic rings. The van der Waals surface area contributed by atoms with E-state index >= 15 is 0 Å². The highest BCUT2D eigenvalue weighted by Crippen LogP contribution is 2.33. The van der Waals surface area contributed by atoms with Crippen LogP contribution in [0.5, 0.6) is 0 Å². The summed E-state index contributed by atoms with van der Waals surface area (Å²) < 4.78 is 0. The molecule has 1 radical (unpaired) electrons. The number of anilines is 1. The van der Waals surface area contributed by atoms with E-state index in [1.54, 1.807) is 6.07 Å². The van der Waals surface area contributed by atoms with Crippen molar-refractivity contribution in [3.63, 3.8) is 0 Å². The summed E-state index contributed by atoms with van der Waals surface area (Å²) in [5.74, 6) is 0. The van der Waals surface area contributed by atoms with Crippen molar-refractivity contribution >= 4 is 33.2 Å². The smallest absolute Gasteiger partial charge is 0.0732 e. The van der Waals surface area contributed by atoms with E-state index < -0.39 is 0 Å². The molecule has 0 unspecified atom stereocenters. The first kappa shape index (κ1) is 10.8. The van der Waals surface area contributed by atoms with E-state index in [1.165, 1.54) is 0 Å². The zero-order valence-electron chi connectivity index (χ0n) is 10.4. The Bertz CT molecular complexity index is 732. The number of hydrogen-bond donors (Lipinski definition) is 0. The number of nitrogens with one attached hydrogen (secondary N) is 1. The fraction of sp³-hybridized carbons (Fsp3) is 0.133. The van der Waals surface area contributed by atoms with E-state index in [-0.39, 0.29) is 0 Å². The molecular formula is C15H14N3. The van der Waals surface area contributed by atoms with Gasteiger partial charge in [0, 0.05) is 24.9 Å². The van der Waals surface area contributed by atoms with Crippen molar-refractivity contribution in [2.24, 2.45) is 0 Å². The first-order chi connectivity index (χ1) is 8.66. The molecule has 2 aromatic carbocycles. The zero-order chi connectivity index (χ0) is 12.7. The summed E-state index contributed by atoms with van der Waals surface area (Å²) in [5, 5.41) is 2.16. The Morgan fingerprint density at radius 3 is 2.44 bits per heavy atom. The predicted octanol–water partition coefficient (Wildman–Crippen LogP) is 3.37. The van der Waals surface area contributed by atoms with Crippen molar-refractivity contribution in [1.29, 1.82) is 0 Å². The minimum absolute atomic E-state index is 0.516. The van der Waals surface area contributed by atoms with Crippen LogP contribution in [-0.2, 0) is 0 Å². The lowest BCUT2D eigenvalue weighted by Crippen LogP contribution is -2.10. The average Bonchev–Trinajstić information content (AvgIpc) is 2.35. The molecule has 3 rings (SSSR count). The number of aromatic nitrogens is 1. The molecule has 89 valence electrons. The van der Waals surface area contributed by atoms with Crippen LogP contribution in [-0.4, -0.2) is 19.1 Å². The van der Waals surface area contributed by atoms with Crippen molar-refractivity contribution in [1.82, 2.24) is 10.7 Å². The number of pyridine rings is 1. The highest BCUT2D eigenvalue weighted by Gasteiger charge is 2.10. The third-order valence-corrected chi connectivity index (χ3v) is 3.10. The van der Waals surface area contributed by atoms with Crippen LogP contribution in [0.25, 0.3) is 21.8 Å². The van der Waals surface area contributed by atoms with Crippen molar-refractivity contribution in [3.05, 3.63) is 42.5 Å². The highest BCUT2D eigenvalue weighted by atomic mass is 15.1. The van der Waals surface area contributed by atoms with Crippen molar-refractivity contribution in [2.45, 2.75) is 0 Å². The molecule has 3 nitrogen and oxygen atoms in total. The van der Waals surface area contributed by atoms with Crippen LogP contribution in [0.2, 0.25) is 0 Å². The third-order valence-electron chi connectivity index (χ3n) is 3.10. The van der Waals surface area contributed by atoms with Gasteiger partial charge in [-0.25, -0.2) is 4.98 Å². The Balaban J connectivity index is 2.55. The van der Waals surface area contributed by atoms with Gasteiger partial charge in [0.1, 0.15) is 0 Å². The second kappa shape index (κ2) is 3.88. The molecule has 1 heterocycles. The van der Waals surface area contributed by atoms with Crippen LogP contribution in [0.1, 0.15) is 0 Å². The molecule has 3 heteroatoms. The van der Waals surface area contributed by atoms with Gasteiger partial charge >= 0.3 is 0 Å². The van der Waals surface area contributed by atoms with Gasteiger partial charge in [-0.15, -0.1) is 0 Å². The Labute approximate surface area is 106 Å². The largest absolute Gasteiger partial charge is 0.377 e. The van der Waals surface area contributed by atoms with Crippen molar-refractivity contribution < 1.29 is 0 Å². The SMILES string of the molecule is CN(C)c1c2ccccc2nc2ccc([NH])cc12. The number of nitrogens with zero attached hydrogens (tertiary/aromatic N) is 2. The van der Waals surface area contributed by atoms with Gasteiger partial charge in [0.05, 0.1) is 22.4 Å². The standard InChI is InChI=1S/C15H14N3/c1-18(2)15-11-5-3-4-6-13(11)17-14-8-7-10(16)9-12(14)15/h3-9,16H,1-2H3. The van der Waals surface area contributed by atoms with Crippen LogP contribution >= 0.6 is 0 Å². The first-order valence-corrected chi connectivity index (χ1v) is 5.88. The molecule has 0 aliphatic carbocycles. The molecule has 0 amide bonds. The summed E-state index contributed by atoms with van der Waals surface area (Å²) in [5.41, 5.74) is 11.4. The fourth-order valence-corrected chi connectivity index (χ4v) is 2.35. The van der Waals surface area contributed by atoms with Gasteiger partial charge in [-0.1, -0.05) is 18.2 Å². The Kier molecular flexibility index (Phi) is 2.33. The maximum atomic E-state index is 7.78. The monoisotopic (exact) mass is 236 g/mol. The number of fused-ring (bicyclic) bond motifs is 2. The molecule has 0 aliphatic heterocycles. The van der Waals surface area contributed by atoms with Gasteiger partial charge < -0.3 is 10.6 Å². The zero-order valence-corrected chi connectivity index (χ0v) is 10.4. The second-order valence-corrected chi connectivity index (χ2v) is 4.60. The minimum atomic E-state index is 0.516. The Morgan fingerprint density at radius 1 is 0.944 bits per heavy atom. The van der Waals surface area contributed by atoms with Gasteiger partial charge in [-0.05, 0) is 24.3 Å². The molecule has 1 N–H and O–H groups in total. The molecule has 18 heavy (non-hydrogen) atoms. The fourth-order valence-electron chi connectivity index (χ4n) is 2.35. The van der Waals surface area contributed by atoms with Crippen LogP contribution in [0.4, 0.5) is 11.4 Å². The summed E-state index contributed by atoms with van der Waals surface area (Å²) in [7, 11) is 4.05. The summed E-state index contributed by atoms with van der Waals surface area (Å²) >= 11 is 0. The lowest BCUT2D eigenvalue weighted by Gasteiger charge is -2.18. The second-order valence-electron chi connectivity index (χ2n) is 4.60. The molecule has 0 bridgehead atoms. The molecule has 0 fully saturated rings. The van der Waals surface area contributed by atoms with E-state index in [1.807, 2.05) is 44.4 Å². The molecule has 0 spiro atoms. The summed E-state index contributed by atoms with van der Waals surface area (Å²) in [4.78, 5) is 6.74. The van der Waals surface area contributed by atoms with Gasteiger partial charge in [-0.3, -0.25) is 0 Å². The Morgan fingerprint density at radius 2 is 1.67 bits per heavy atom. The van der Waals surface area contributed by atoms with Crippen molar-refractivity contribution in [2.75, 3.05) is 19.0 Å². The lowest BCUT2D eigenvalue weighted by atomic mass is 10.1. The van der Waals surface area contributed by atoms with E-state index in [9.17, 15) is 0 Å². The van der Waals surface area contributed by atoms with Gasteiger partial charge in [0.15, 0.2) is 0 Å². The molecule has 0 saturated carbocycles. The first-order valence-electron chi connectivity index (χ1n) is 5.88. The molecule has 0 atom stereocenters. The van der Waals surface area contributed by atoms with Crippen molar-refractivity contribution in [3.8, 4) is 0 Å². The van der Waals surface area contributed by atoms with Crippen LogP contribution < -0.4 is 10.6 Å². The predicted molar refractivity (Wildman–Crippen MR) is 76.3 cm³/mol. The van der Waals surface area contributed by atoms with E-state index in [0.29, 0.717) is 5.69 Å². The van der Waals surface area contributed by atoms with Crippen LogP contribution in [0, 0.1) is 0 Å². The van der Waals surface area contributed by atoms with Gasteiger partial charge in [-0.2, -0.15) is 0 Å². The van der Waals surface area contributed by atoms with E-state index in [0.717, 1.165) is 27.5 Å². The quantitative estimate of drug-likeness (QED) is 0.608. The van der Waals surface area contributed by atoms with E-state index in [2.05, 4.69) is 16.0 Å². The number of hydrogen-bond acceptors (Lipinski definition) is 2. The summed E-state index contributed by atoms with van der Waals surface area (Å²) in [6, 6.07) is 13.7. The van der Waals surface area contributed by atoms with E-state index in [4.69, 9.17) is 5.73 Å². The maximum Gasteiger partial charge on any atom is 0.0732 e. The lowest BCUT2D eigenvalue weighted by molar-refractivity contribution is 1.15. The van der Waals surface area contributed by atoms with Gasteiger partial charge in [0.25, 0.3) is 0 Å². The highest BCUT2D eigenvalue weighted by molar-refractivity contribution is 6.08. The Hall–Kier alpha value is -2.29. The van der Waals surface area contributed by atoms with Crippen LogP contribution in [0.15, 0.2) is 42.5 Å². The third kappa shape index (κ3) is 1.56. The minimum Gasteiger partial charge on any atom is -0.377 e. The topological polar surface area (TPSA) is 39.9 Å².